The van der Waals surface area contributed by atoms with E-state index in [4.69, 9.17) is 10.00 Å². The number of hydrogen-bond acceptors (Lipinski definition) is 6. The van der Waals surface area contributed by atoms with Crippen LogP contribution in [-0.4, -0.2) is 15.5 Å². The second-order valence-electron chi connectivity index (χ2n) is 6.00. The summed E-state index contributed by atoms with van der Waals surface area (Å²) < 4.78 is 6.57. The van der Waals surface area contributed by atoms with Crippen LogP contribution in [0.1, 0.15) is 5.56 Å². The van der Waals surface area contributed by atoms with Crippen LogP contribution in [0, 0.1) is 11.3 Å². The molecule has 0 aliphatic rings. The molecule has 7 heteroatoms. The van der Waals surface area contributed by atoms with E-state index in [9.17, 15) is 9.59 Å². The predicted molar refractivity (Wildman–Crippen MR) is 106 cm³/mol. The predicted octanol–water partition coefficient (Wildman–Crippen LogP) is 3.60. The van der Waals surface area contributed by atoms with Gasteiger partial charge in [-0.1, -0.05) is 24.3 Å². The average Bonchev–Trinajstić information content (AvgIpc) is 3.20. The Morgan fingerprint density at radius 2 is 1.75 bits per heavy atom. The lowest BCUT2D eigenvalue weighted by molar-refractivity contribution is -0.135. The summed E-state index contributed by atoms with van der Waals surface area (Å²) in [4.78, 5) is 29.3. The van der Waals surface area contributed by atoms with Gasteiger partial charge in [0.1, 0.15) is 17.1 Å². The summed E-state index contributed by atoms with van der Waals surface area (Å²) in [5, 5.41) is 11.1. The molecule has 136 valence electrons. The molecule has 0 saturated heterocycles. The van der Waals surface area contributed by atoms with Crippen LogP contribution in [0.4, 0.5) is 0 Å². The van der Waals surface area contributed by atoms with Gasteiger partial charge in [0.05, 0.1) is 23.3 Å². The van der Waals surface area contributed by atoms with Crippen molar-refractivity contribution in [3.63, 3.8) is 0 Å². The number of ether oxygens (including phenoxy) is 1. The normalized spacial score (nSPS) is 10.5. The van der Waals surface area contributed by atoms with Crippen molar-refractivity contribution in [3.8, 4) is 22.9 Å². The van der Waals surface area contributed by atoms with Gasteiger partial charge in [0.2, 0.25) is 0 Å². The minimum atomic E-state index is -0.551. The number of carbonyl (C=O) groups excluding carboxylic acids is 1. The Balaban J connectivity index is 1.46. The molecule has 0 atom stereocenters. The highest BCUT2D eigenvalue weighted by Gasteiger charge is 2.11. The second-order valence-corrected chi connectivity index (χ2v) is 6.90. The van der Waals surface area contributed by atoms with Crippen LogP contribution < -0.4 is 10.3 Å². The maximum atomic E-state index is 12.3. The van der Waals surface area contributed by atoms with Gasteiger partial charge < -0.3 is 4.74 Å². The smallest absolute Gasteiger partial charge is 0.331 e. The summed E-state index contributed by atoms with van der Waals surface area (Å²) in [6.45, 7) is -0.213. The van der Waals surface area contributed by atoms with Crippen LogP contribution in [0.3, 0.4) is 0 Å². The molecule has 0 spiro atoms. The van der Waals surface area contributed by atoms with Crippen LogP contribution in [0.15, 0.2) is 71.1 Å². The summed E-state index contributed by atoms with van der Waals surface area (Å²) in [5.74, 6) is -0.162. The van der Waals surface area contributed by atoms with Gasteiger partial charge in [-0.2, -0.15) is 5.26 Å². The highest BCUT2D eigenvalue weighted by atomic mass is 32.1. The summed E-state index contributed by atoms with van der Waals surface area (Å²) >= 11 is 1.38. The summed E-state index contributed by atoms with van der Waals surface area (Å²) in [7, 11) is 0. The van der Waals surface area contributed by atoms with Crippen LogP contribution >= 0.6 is 11.3 Å². The summed E-state index contributed by atoms with van der Waals surface area (Å²) in [6, 6.07) is 18.0. The van der Waals surface area contributed by atoms with Crippen LogP contribution in [0.2, 0.25) is 0 Å². The van der Waals surface area contributed by atoms with E-state index in [2.05, 4.69) is 11.1 Å². The fourth-order valence-electron chi connectivity index (χ4n) is 2.76. The van der Waals surface area contributed by atoms with Gasteiger partial charge in [-0.05, 0) is 46.8 Å². The van der Waals surface area contributed by atoms with E-state index in [1.165, 1.54) is 22.2 Å². The summed E-state index contributed by atoms with van der Waals surface area (Å²) in [6.07, 6.45) is 1.36. The quantitative estimate of drug-likeness (QED) is 0.394. The number of aromatic nitrogens is 2. The lowest BCUT2D eigenvalue weighted by Gasteiger charge is -2.07. The van der Waals surface area contributed by atoms with Crippen molar-refractivity contribution in [2.45, 2.75) is 6.54 Å². The molecule has 4 rings (SSSR count). The lowest BCUT2D eigenvalue weighted by atomic mass is 10.0. The third kappa shape index (κ3) is 3.54. The Labute approximate surface area is 163 Å². The number of fused-ring (bicyclic) bond motifs is 1. The first-order chi connectivity index (χ1) is 13.6. The van der Waals surface area contributed by atoms with Crippen LogP contribution in [0.25, 0.3) is 21.3 Å². The molecule has 28 heavy (non-hydrogen) atoms. The second kappa shape index (κ2) is 7.47. The van der Waals surface area contributed by atoms with Gasteiger partial charge in [-0.3, -0.25) is 9.36 Å². The number of rotatable bonds is 4. The van der Waals surface area contributed by atoms with Crippen molar-refractivity contribution in [3.05, 3.63) is 82.2 Å². The molecule has 4 aromatic rings. The first-order valence-corrected chi connectivity index (χ1v) is 9.26. The molecule has 2 aromatic carbocycles. The molecule has 0 fully saturated rings. The minimum absolute atomic E-state index is 0.213. The maximum absolute atomic E-state index is 12.3. The SMILES string of the molecule is N#Cc1ccc(-c2ccc(OC(=O)Cn3cnc4sccc4c3=O)cc2)cc1. The fraction of sp³-hybridized carbons (Fsp3) is 0.0476. The molecule has 0 saturated carbocycles. The van der Waals surface area contributed by atoms with Crippen molar-refractivity contribution in [1.82, 2.24) is 9.55 Å². The van der Waals surface area contributed by atoms with Crippen molar-refractivity contribution < 1.29 is 9.53 Å². The van der Waals surface area contributed by atoms with E-state index < -0.39 is 5.97 Å². The van der Waals surface area contributed by atoms with Gasteiger partial charge >= 0.3 is 5.97 Å². The first kappa shape index (κ1) is 17.6. The van der Waals surface area contributed by atoms with Gasteiger partial charge in [0.25, 0.3) is 5.56 Å². The third-order valence-electron chi connectivity index (χ3n) is 4.18. The molecule has 0 N–H and O–H groups in total. The molecule has 0 bridgehead atoms. The Morgan fingerprint density at radius 3 is 2.43 bits per heavy atom. The number of nitriles is 1. The molecular weight excluding hydrogens is 374 g/mol. The maximum Gasteiger partial charge on any atom is 0.331 e. The number of benzene rings is 2. The van der Waals surface area contributed by atoms with Crippen LogP contribution in [0.5, 0.6) is 5.75 Å². The van der Waals surface area contributed by atoms with E-state index in [0.717, 1.165) is 11.1 Å². The Kier molecular flexibility index (Phi) is 4.70. The van der Waals surface area contributed by atoms with E-state index in [1.54, 1.807) is 35.7 Å². The Morgan fingerprint density at radius 1 is 1.07 bits per heavy atom. The van der Waals surface area contributed by atoms with E-state index in [1.807, 2.05) is 24.3 Å². The fourth-order valence-corrected chi connectivity index (χ4v) is 3.48. The molecule has 0 aliphatic carbocycles. The molecule has 0 radical (unpaired) electrons. The number of hydrogen-bond donors (Lipinski definition) is 0. The Bertz CT molecular complexity index is 1250. The molecule has 0 unspecified atom stereocenters. The zero-order valence-electron chi connectivity index (χ0n) is 14.5. The van der Waals surface area contributed by atoms with Gasteiger partial charge in [0.15, 0.2) is 0 Å². The lowest BCUT2D eigenvalue weighted by Crippen LogP contribution is -2.26. The van der Waals surface area contributed by atoms with Gasteiger partial charge in [-0.25, -0.2) is 9.78 Å². The van der Waals surface area contributed by atoms with Crippen molar-refractivity contribution in [2.24, 2.45) is 0 Å². The molecule has 0 aliphatic heterocycles. The van der Waals surface area contributed by atoms with Crippen LogP contribution in [-0.2, 0) is 11.3 Å². The zero-order chi connectivity index (χ0) is 19.5. The van der Waals surface area contributed by atoms with Gasteiger partial charge in [-0.15, -0.1) is 11.3 Å². The molecule has 0 amide bonds. The largest absolute Gasteiger partial charge is 0.425 e. The molecule has 6 nitrogen and oxygen atoms in total. The van der Waals surface area contributed by atoms with E-state index in [-0.39, 0.29) is 12.1 Å². The number of carbonyl (C=O) groups is 1. The highest BCUT2D eigenvalue weighted by Crippen LogP contribution is 2.23. The minimum Gasteiger partial charge on any atom is -0.425 e. The van der Waals surface area contributed by atoms with Crippen molar-refractivity contribution in [1.29, 1.82) is 5.26 Å². The van der Waals surface area contributed by atoms with E-state index in [0.29, 0.717) is 21.5 Å². The first-order valence-electron chi connectivity index (χ1n) is 8.38. The number of thiophene rings is 1. The van der Waals surface area contributed by atoms with Crippen molar-refractivity contribution >= 4 is 27.5 Å². The topological polar surface area (TPSA) is 85.0 Å². The number of nitrogens with zero attached hydrogens (tertiary/aromatic N) is 3. The molecular formula is C21H13N3O3S. The van der Waals surface area contributed by atoms with Crippen molar-refractivity contribution in [2.75, 3.05) is 0 Å². The standard InChI is InChI=1S/C21H13N3O3S/c22-11-14-1-3-15(4-2-14)16-5-7-17(8-6-16)27-19(25)12-24-13-23-20-18(21(24)26)9-10-28-20/h1-10,13H,12H2. The van der Waals surface area contributed by atoms with Gasteiger partial charge in [0, 0.05) is 0 Å². The molecule has 2 aromatic heterocycles. The average molecular weight is 387 g/mol. The van der Waals surface area contributed by atoms with E-state index >= 15 is 0 Å². The monoisotopic (exact) mass is 387 g/mol. The third-order valence-corrected chi connectivity index (χ3v) is 5.00. The Hall–Kier alpha value is -3.76. The highest BCUT2D eigenvalue weighted by molar-refractivity contribution is 7.16. The summed E-state index contributed by atoms with van der Waals surface area (Å²) in [5.41, 5.74) is 2.23. The zero-order valence-corrected chi connectivity index (χ0v) is 15.3. The number of esters is 1. The molecule has 2 heterocycles.